The predicted octanol–water partition coefficient (Wildman–Crippen LogP) is 1.21. The van der Waals surface area contributed by atoms with Crippen LogP contribution in [0.3, 0.4) is 0 Å². The van der Waals surface area contributed by atoms with Gasteiger partial charge in [0.05, 0.1) is 6.54 Å². The molecule has 0 aliphatic carbocycles. The molecule has 1 aliphatic rings. The molecule has 1 fully saturated rings. The number of nitrogens with one attached hydrogen (secondary N) is 1. The van der Waals surface area contributed by atoms with Gasteiger partial charge in [-0.05, 0) is 25.6 Å². The van der Waals surface area contributed by atoms with Crippen LogP contribution in [0.1, 0.15) is 18.4 Å². The van der Waals surface area contributed by atoms with Crippen molar-refractivity contribution in [1.82, 2.24) is 24.8 Å². The van der Waals surface area contributed by atoms with Gasteiger partial charge in [0.2, 0.25) is 5.91 Å². The van der Waals surface area contributed by atoms with E-state index in [9.17, 15) is 9.59 Å². The van der Waals surface area contributed by atoms with Crippen LogP contribution in [-0.2, 0) is 17.9 Å². The van der Waals surface area contributed by atoms with E-state index < -0.39 is 0 Å². The standard InChI is InChI=1S/C19H24N6O3S/c1-3-23-6-8-24(9-7-23)19-22-17-16(29-19)18(27)25(12-21-17)11-15(26)20-10-14-5-4-13(2)28-14/h4-5,12H,3,6-11H2,1-2H3,(H,20,26). The number of hydrogen-bond acceptors (Lipinski definition) is 8. The normalized spacial score (nSPS) is 15.2. The van der Waals surface area contributed by atoms with Gasteiger partial charge in [-0.1, -0.05) is 18.3 Å². The Hall–Kier alpha value is -2.72. The van der Waals surface area contributed by atoms with Gasteiger partial charge in [-0.15, -0.1) is 0 Å². The number of hydrogen-bond donors (Lipinski definition) is 1. The molecule has 0 radical (unpaired) electrons. The molecule has 1 saturated heterocycles. The molecule has 0 unspecified atom stereocenters. The Bertz CT molecular complexity index is 1060. The molecule has 1 N–H and O–H groups in total. The number of furan rings is 1. The minimum Gasteiger partial charge on any atom is -0.465 e. The third-order valence-corrected chi connectivity index (χ3v) is 6.13. The summed E-state index contributed by atoms with van der Waals surface area (Å²) in [7, 11) is 0. The van der Waals surface area contributed by atoms with E-state index in [1.807, 2.05) is 19.1 Å². The van der Waals surface area contributed by atoms with Crippen LogP contribution in [0.25, 0.3) is 10.3 Å². The molecule has 10 heteroatoms. The molecule has 0 saturated carbocycles. The van der Waals surface area contributed by atoms with Crippen LogP contribution < -0.4 is 15.8 Å². The molecular formula is C19H24N6O3S. The van der Waals surface area contributed by atoms with E-state index in [0.717, 1.165) is 43.6 Å². The summed E-state index contributed by atoms with van der Waals surface area (Å²) in [5.74, 6) is 1.19. The summed E-state index contributed by atoms with van der Waals surface area (Å²) in [6.07, 6.45) is 1.39. The summed E-state index contributed by atoms with van der Waals surface area (Å²) < 4.78 is 7.23. The van der Waals surface area contributed by atoms with Gasteiger partial charge in [-0.3, -0.25) is 14.2 Å². The van der Waals surface area contributed by atoms with E-state index in [1.54, 1.807) is 0 Å². The summed E-state index contributed by atoms with van der Waals surface area (Å²) in [6, 6.07) is 3.65. The quantitative estimate of drug-likeness (QED) is 0.645. The van der Waals surface area contributed by atoms with Crippen molar-refractivity contribution in [2.24, 2.45) is 0 Å². The number of rotatable bonds is 6. The maximum atomic E-state index is 12.8. The smallest absolute Gasteiger partial charge is 0.273 e. The second-order valence-corrected chi connectivity index (χ2v) is 8.01. The topological polar surface area (TPSA) is 96.5 Å². The van der Waals surface area contributed by atoms with Gasteiger partial charge in [-0.2, -0.15) is 4.98 Å². The molecule has 4 rings (SSSR count). The van der Waals surface area contributed by atoms with Crippen LogP contribution in [-0.4, -0.2) is 58.1 Å². The van der Waals surface area contributed by atoms with Gasteiger partial charge in [0.1, 0.15) is 29.1 Å². The molecule has 0 spiro atoms. The van der Waals surface area contributed by atoms with Crippen molar-refractivity contribution in [3.63, 3.8) is 0 Å². The molecule has 4 heterocycles. The van der Waals surface area contributed by atoms with Gasteiger partial charge in [0, 0.05) is 26.2 Å². The van der Waals surface area contributed by atoms with Gasteiger partial charge in [0.25, 0.3) is 5.56 Å². The third kappa shape index (κ3) is 4.33. The first-order valence-electron chi connectivity index (χ1n) is 9.68. The Morgan fingerprint density at radius 2 is 2.07 bits per heavy atom. The van der Waals surface area contributed by atoms with Crippen LogP contribution in [0, 0.1) is 6.92 Å². The third-order valence-electron chi connectivity index (χ3n) is 5.03. The van der Waals surface area contributed by atoms with Crippen molar-refractivity contribution in [1.29, 1.82) is 0 Å². The highest BCUT2D eigenvalue weighted by molar-refractivity contribution is 7.22. The zero-order valence-corrected chi connectivity index (χ0v) is 17.4. The summed E-state index contributed by atoms with van der Waals surface area (Å²) in [5.41, 5.74) is 0.200. The van der Waals surface area contributed by atoms with Crippen molar-refractivity contribution in [2.45, 2.75) is 26.9 Å². The van der Waals surface area contributed by atoms with Crippen molar-refractivity contribution in [3.05, 3.63) is 40.3 Å². The number of aromatic nitrogens is 3. The average molecular weight is 417 g/mol. The van der Waals surface area contributed by atoms with E-state index >= 15 is 0 Å². The highest BCUT2D eigenvalue weighted by Crippen LogP contribution is 2.26. The Labute approximate surface area is 172 Å². The number of likely N-dealkylation sites (N-methyl/N-ethyl adjacent to an activating group) is 1. The van der Waals surface area contributed by atoms with Crippen LogP contribution in [0.4, 0.5) is 5.13 Å². The van der Waals surface area contributed by atoms with E-state index in [-0.39, 0.29) is 24.6 Å². The highest BCUT2D eigenvalue weighted by atomic mass is 32.1. The van der Waals surface area contributed by atoms with Crippen molar-refractivity contribution in [2.75, 3.05) is 37.6 Å². The highest BCUT2D eigenvalue weighted by Gasteiger charge is 2.20. The number of carbonyl (C=O) groups is 1. The Morgan fingerprint density at radius 3 is 2.76 bits per heavy atom. The van der Waals surface area contributed by atoms with Gasteiger partial charge < -0.3 is 19.5 Å². The lowest BCUT2D eigenvalue weighted by Gasteiger charge is -2.33. The molecule has 9 nitrogen and oxygen atoms in total. The fourth-order valence-corrected chi connectivity index (χ4v) is 4.34. The molecule has 0 atom stereocenters. The average Bonchev–Trinajstić information content (AvgIpc) is 3.35. The van der Waals surface area contributed by atoms with Gasteiger partial charge in [0.15, 0.2) is 10.8 Å². The molecule has 0 bridgehead atoms. The molecule has 29 heavy (non-hydrogen) atoms. The summed E-state index contributed by atoms with van der Waals surface area (Å²) in [4.78, 5) is 38.4. The molecule has 154 valence electrons. The fraction of sp³-hybridized carbons (Fsp3) is 0.474. The second-order valence-electron chi connectivity index (χ2n) is 7.04. The molecule has 0 aromatic carbocycles. The zero-order chi connectivity index (χ0) is 20.4. The Kier molecular flexibility index (Phi) is 5.63. The summed E-state index contributed by atoms with van der Waals surface area (Å²) in [6.45, 7) is 8.98. The molecule has 1 aliphatic heterocycles. The maximum absolute atomic E-state index is 12.8. The van der Waals surface area contributed by atoms with Crippen molar-refractivity contribution >= 4 is 32.7 Å². The van der Waals surface area contributed by atoms with Crippen LogP contribution in [0.15, 0.2) is 27.7 Å². The van der Waals surface area contributed by atoms with Crippen LogP contribution in [0.2, 0.25) is 0 Å². The van der Waals surface area contributed by atoms with Crippen LogP contribution in [0.5, 0.6) is 0 Å². The lowest BCUT2D eigenvalue weighted by atomic mass is 10.3. The summed E-state index contributed by atoms with van der Waals surface area (Å²) in [5, 5.41) is 3.57. The van der Waals surface area contributed by atoms with E-state index in [0.29, 0.717) is 16.1 Å². The second kappa shape index (κ2) is 8.34. The minimum absolute atomic E-state index is 0.0934. The monoisotopic (exact) mass is 416 g/mol. The number of carbonyl (C=O) groups excluding carboxylic acids is 1. The Morgan fingerprint density at radius 1 is 1.28 bits per heavy atom. The molecule has 3 aromatic rings. The Balaban J connectivity index is 1.44. The number of nitrogens with zero attached hydrogens (tertiary/aromatic N) is 5. The largest absolute Gasteiger partial charge is 0.465 e. The first-order chi connectivity index (χ1) is 14.0. The summed E-state index contributed by atoms with van der Waals surface area (Å²) >= 11 is 1.35. The molecule has 1 amide bonds. The lowest BCUT2D eigenvalue weighted by Crippen LogP contribution is -2.46. The van der Waals surface area contributed by atoms with Crippen molar-refractivity contribution in [3.8, 4) is 0 Å². The SMILES string of the molecule is CCN1CCN(c2nc3ncn(CC(=O)NCc4ccc(C)o4)c(=O)c3s2)CC1. The number of anilines is 1. The predicted molar refractivity (Wildman–Crippen MR) is 111 cm³/mol. The van der Waals surface area contributed by atoms with E-state index in [2.05, 4.69) is 32.0 Å². The molecular weight excluding hydrogens is 392 g/mol. The van der Waals surface area contributed by atoms with Crippen molar-refractivity contribution < 1.29 is 9.21 Å². The van der Waals surface area contributed by atoms with E-state index in [4.69, 9.17) is 4.42 Å². The number of amides is 1. The minimum atomic E-state index is -0.275. The first kappa shape index (κ1) is 19.6. The lowest BCUT2D eigenvalue weighted by molar-refractivity contribution is -0.122. The number of piperazine rings is 1. The number of aryl methyl sites for hydroxylation is 1. The van der Waals surface area contributed by atoms with Gasteiger partial charge in [-0.25, -0.2) is 4.98 Å². The first-order valence-corrected chi connectivity index (χ1v) is 10.5. The maximum Gasteiger partial charge on any atom is 0.273 e. The van der Waals surface area contributed by atoms with Crippen LogP contribution >= 0.6 is 11.3 Å². The number of thiazole rings is 1. The van der Waals surface area contributed by atoms with Gasteiger partial charge >= 0.3 is 0 Å². The molecule has 3 aromatic heterocycles. The number of fused-ring (bicyclic) bond motifs is 1. The van der Waals surface area contributed by atoms with E-state index in [1.165, 1.54) is 22.2 Å². The fourth-order valence-electron chi connectivity index (χ4n) is 3.31. The zero-order valence-electron chi connectivity index (χ0n) is 16.6.